The van der Waals surface area contributed by atoms with Crippen molar-refractivity contribution in [3.8, 4) is 0 Å². The number of sulfone groups is 1. The van der Waals surface area contributed by atoms with Crippen LogP contribution in [0.15, 0.2) is 12.2 Å². The van der Waals surface area contributed by atoms with E-state index in [0.717, 1.165) is 18.7 Å². The molecule has 0 aromatic rings. The smallest absolute Gasteiger partial charge is 0.419 e. The second-order valence-corrected chi connectivity index (χ2v) is 16.4. The van der Waals surface area contributed by atoms with Crippen molar-refractivity contribution >= 4 is 64.4 Å². The molecular weight excluding hydrogens is 575 g/mol. The largest absolute Gasteiger partial charge is 0.457 e. The average Bonchev–Trinajstić information content (AvgIpc) is 2.96. The Hall–Kier alpha value is -2.34. The zero-order chi connectivity index (χ0) is 30.0. The number of fused-ring (bicyclic) bond motifs is 2. The van der Waals surface area contributed by atoms with E-state index in [1.54, 1.807) is 19.9 Å². The molecule has 2 bridgehead atoms. The standard InChI is InChI=1S/C26H41N3O8S2Si/c1-17(2)24-21(30)15-23(32)37-18(8-6-7-13-40-5)14-22(31)27-19(9-12-39(4,35)36)25(33)28-20-16-38(3)11-10-29(24)26(20)34/h6,8,17-21,24,30H,7,9,12-16,40H2,1-5H3,(H-,27,28,31,33)/p+1. The van der Waals surface area contributed by atoms with Gasteiger partial charge in [-0.1, -0.05) is 32.5 Å². The SMILES string of the molecule is C[SiH2]CCC=CC1CC(=O)NC(CCS(C)(=O)=O)C(=O)NC2CS(C)=C=C=[N+](C2=O)C(C(C)C)C(O)CC(=O)O1. The highest BCUT2D eigenvalue weighted by Crippen LogP contribution is 2.19. The molecule has 40 heavy (non-hydrogen) atoms. The number of aliphatic hydroxyl groups excluding tert-OH is 1. The maximum atomic E-state index is 13.6. The van der Waals surface area contributed by atoms with E-state index in [4.69, 9.17) is 4.74 Å². The van der Waals surface area contributed by atoms with E-state index >= 15 is 0 Å². The van der Waals surface area contributed by atoms with Gasteiger partial charge in [-0.05, 0) is 25.2 Å². The van der Waals surface area contributed by atoms with Gasteiger partial charge in [-0.3, -0.25) is 14.4 Å². The van der Waals surface area contributed by atoms with Gasteiger partial charge in [0.25, 0.3) is 0 Å². The molecule has 1 saturated heterocycles. The van der Waals surface area contributed by atoms with Crippen LogP contribution in [0.4, 0.5) is 0 Å². The van der Waals surface area contributed by atoms with Crippen LogP contribution in [-0.2, 0) is 33.8 Å². The van der Waals surface area contributed by atoms with Crippen molar-refractivity contribution in [1.82, 2.24) is 10.6 Å². The molecule has 2 aliphatic heterocycles. The molecule has 3 amide bonds. The lowest BCUT2D eigenvalue weighted by Crippen LogP contribution is -2.56. The summed E-state index contributed by atoms with van der Waals surface area (Å²) in [6, 6.07) is -2.10. The Kier molecular flexibility index (Phi) is 13.2. The molecule has 6 atom stereocenters. The number of ether oxygens (including phenoxy) is 1. The number of hydrogen-bond acceptors (Lipinski definition) is 8. The number of nitrogens with one attached hydrogen (secondary N) is 2. The molecule has 2 heterocycles. The van der Waals surface area contributed by atoms with Gasteiger partial charge in [0.15, 0.2) is 12.1 Å². The van der Waals surface area contributed by atoms with Crippen molar-refractivity contribution in [2.75, 3.05) is 24.0 Å². The van der Waals surface area contributed by atoms with E-state index in [9.17, 15) is 32.7 Å². The highest BCUT2D eigenvalue weighted by Gasteiger charge is 2.44. The lowest BCUT2D eigenvalue weighted by molar-refractivity contribution is -0.504. The van der Waals surface area contributed by atoms with E-state index in [2.05, 4.69) is 28.1 Å². The third-order valence-corrected chi connectivity index (χ3v) is 9.90. The molecule has 0 spiro atoms. The molecule has 11 nitrogen and oxygen atoms in total. The van der Waals surface area contributed by atoms with Crippen LogP contribution in [0, 0.1) is 5.92 Å². The Bertz CT molecular complexity index is 1220. The molecule has 2 rings (SSSR count). The van der Waals surface area contributed by atoms with Crippen LogP contribution in [0.5, 0.6) is 0 Å². The summed E-state index contributed by atoms with van der Waals surface area (Å²) < 4.78 is 30.5. The molecule has 224 valence electrons. The molecule has 2 aliphatic rings. The topological polar surface area (TPSA) is 159 Å². The lowest BCUT2D eigenvalue weighted by atomic mass is 9.95. The second kappa shape index (κ2) is 15.6. The fourth-order valence-electron chi connectivity index (χ4n) is 4.49. The number of carbonyl (C=O) groups excluding carboxylic acids is 4. The Morgan fingerprint density at radius 2 is 1.93 bits per heavy atom. The van der Waals surface area contributed by atoms with Crippen molar-refractivity contribution in [3.05, 3.63) is 12.2 Å². The first-order valence-electron chi connectivity index (χ1n) is 13.5. The average molecular weight is 617 g/mol. The van der Waals surface area contributed by atoms with Crippen LogP contribution in [0.2, 0.25) is 12.6 Å². The molecule has 0 aliphatic carbocycles. The number of allylic oxidation sites excluding steroid dienone is 1. The molecule has 0 aromatic carbocycles. The summed E-state index contributed by atoms with van der Waals surface area (Å²) in [5, 5.41) is 19.3. The number of hydrogen-bond donors (Lipinski definition) is 3. The van der Waals surface area contributed by atoms with Gasteiger partial charge in [0.1, 0.15) is 28.1 Å². The summed E-state index contributed by atoms with van der Waals surface area (Å²) >= 11 is 0. The van der Waals surface area contributed by atoms with E-state index in [1.807, 2.05) is 12.3 Å². The Morgan fingerprint density at radius 1 is 1.23 bits per heavy atom. The minimum absolute atomic E-state index is 0.173. The normalized spacial score (nSPS) is 29.3. The number of rotatable bonds is 8. The highest BCUT2D eigenvalue weighted by molar-refractivity contribution is 8.14. The minimum atomic E-state index is -3.46. The maximum absolute atomic E-state index is 13.6. The summed E-state index contributed by atoms with van der Waals surface area (Å²) in [6.45, 7) is 5.75. The molecule has 1 fully saturated rings. The second-order valence-electron chi connectivity index (χ2n) is 10.6. The third kappa shape index (κ3) is 10.9. The summed E-state index contributed by atoms with van der Waals surface area (Å²) in [7, 11) is -4.23. The van der Waals surface area contributed by atoms with E-state index in [-0.39, 0.29) is 39.8 Å². The molecule has 3 N–H and O–H groups in total. The van der Waals surface area contributed by atoms with Gasteiger partial charge in [-0.25, -0.2) is 13.2 Å². The molecule has 0 radical (unpaired) electrons. The van der Waals surface area contributed by atoms with Crippen LogP contribution < -0.4 is 10.6 Å². The Morgan fingerprint density at radius 3 is 2.55 bits per heavy atom. The molecule has 0 aromatic heterocycles. The first-order chi connectivity index (χ1) is 18.7. The van der Waals surface area contributed by atoms with Crippen molar-refractivity contribution in [3.63, 3.8) is 0 Å². The molecule has 6 unspecified atom stereocenters. The summed E-state index contributed by atoms with van der Waals surface area (Å²) in [5.74, 6) is -0.246. The molecule has 14 heteroatoms. The van der Waals surface area contributed by atoms with Crippen molar-refractivity contribution < 1.29 is 42.0 Å². The van der Waals surface area contributed by atoms with Gasteiger partial charge in [-0.2, -0.15) is 0 Å². The quantitative estimate of drug-likeness (QED) is 0.0794. The number of cyclic esters (lactones) is 1. The highest BCUT2D eigenvalue weighted by atomic mass is 32.2. The molecule has 0 saturated carbocycles. The van der Waals surface area contributed by atoms with Gasteiger partial charge < -0.3 is 20.5 Å². The van der Waals surface area contributed by atoms with Gasteiger partial charge in [-0.15, -0.1) is 15.1 Å². The van der Waals surface area contributed by atoms with Gasteiger partial charge in [0, 0.05) is 32.5 Å². The Balaban J connectivity index is 2.54. The summed E-state index contributed by atoms with van der Waals surface area (Å²) in [5.41, 5.74) is 0. The van der Waals surface area contributed by atoms with Crippen LogP contribution >= 0.6 is 10.5 Å². The number of esters is 1. The first-order valence-corrected chi connectivity index (χ1v) is 19.8. The minimum Gasteiger partial charge on any atom is -0.457 e. The van der Waals surface area contributed by atoms with Crippen LogP contribution in [0.3, 0.4) is 0 Å². The molecular formula is C26H42N3O8S2Si+. The van der Waals surface area contributed by atoms with E-state index in [0.29, 0.717) is 0 Å². The van der Waals surface area contributed by atoms with Gasteiger partial charge >= 0.3 is 11.9 Å². The first kappa shape index (κ1) is 33.9. The third-order valence-electron chi connectivity index (χ3n) is 6.53. The van der Waals surface area contributed by atoms with Gasteiger partial charge in [0.05, 0.1) is 18.6 Å². The summed E-state index contributed by atoms with van der Waals surface area (Å²) in [4.78, 5) is 52.9. The summed E-state index contributed by atoms with van der Waals surface area (Å²) in [6.07, 6.45) is 3.89. The number of nitrogens with zero attached hydrogens (tertiary/aromatic N) is 1. The zero-order valence-corrected chi connectivity index (χ0v) is 26.9. The predicted molar refractivity (Wildman–Crippen MR) is 159 cm³/mol. The van der Waals surface area contributed by atoms with E-state index < -0.39 is 80.8 Å². The Labute approximate surface area is 241 Å². The lowest BCUT2D eigenvalue weighted by Gasteiger charge is -2.24. The van der Waals surface area contributed by atoms with E-state index in [1.165, 1.54) is 4.58 Å². The van der Waals surface area contributed by atoms with Gasteiger partial charge in [0.2, 0.25) is 17.7 Å². The monoisotopic (exact) mass is 616 g/mol. The fraction of sp³-hybridized carbons (Fsp3) is 0.692. The number of carbonyl (C=O) groups is 4. The fourth-order valence-corrected chi connectivity index (χ4v) is 6.86. The predicted octanol–water partition coefficient (Wildman–Crippen LogP) is -0.858. The zero-order valence-electron chi connectivity index (χ0n) is 23.8. The van der Waals surface area contributed by atoms with Crippen LogP contribution in [0.1, 0.15) is 39.5 Å². The van der Waals surface area contributed by atoms with Crippen molar-refractivity contribution in [2.45, 2.75) is 82.5 Å². The van der Waals surface area contributed by atoms with Crippen LogP contribution in [-0.4, -0.2) is 117 Å². The maximum Gasteiger partial charge on any atom is 0.419 e. The number of amides is 3. The van der Waals surface area contributed by atoms with Crippen molar-refractivity contribution in [1.29, 1.82) is 0 Å². The number of aliphatic hydroxyl groups is 1. The van der Waals surface area contributed by atoms with Crippen LogP contribution in [0.25, 0.3) is 0 Å². The van der Waals surface area contributed by atoms with Crippen molar-refractivity contribution in [2.24, 2.45) is 5.92 Å².